The van der Waals surface area contributed by atoms with Gasteiger partial charge in [-0.25, -0.2) is 0 Å². The van der Waals surface area contributed by atoms with Gasteiger partial charge < -0.3 is 5.11 Å². The van der Waals surface area contributed by atoms with E-state index in [-0.39, 0.29) is 0 Å². The first kappa shape index (κ1) is 15.5. The molecule has 3 atom stereocenters. The highest BCUT2D eigenvalue weighted by Crippen LogP contribution is 2.37. The summed E-state index contributed by atoms with van der Waals surface area (Å²) in [5.74, 6) is 0.412. The number of hydrogen-bond donors (Lipinski definition) is 1. The van der Waals surface area contributed by atoms with E-state index in [0.29, 0.717) is 12.0 Å². The fourth-order valence-corrected chi connectivity index (χ4v) is 3.62. The van der Waals surface area contributed by atoms with Gasteiger partial charge in [-0.3, -0.25) is 9.69 Å². The molecule has 0 spiro atoms. The topological polar surface area (TPSA) is 40.5 Å². The van der Waals surface area contributed by atoms with Crippen molar-refractivity contribution in [3.8, 4) is 0 Å². The van der Waals surface area contributed by atoms with Crippen molar-refractivity contribution in [1.29, 1.82) is 0 Å². The van der Waals surface area contributed by atoms with E-state index in [2.05, 4.69) is 17.9 Å². The molecule has 2 aliphatic rings. The summed E-state index contributed by atoms with van der Waals surface area (Å²) in [6, 6.07) is 0.340. The van der Waals surface area contributed by atoms with Gasteiger partial charge in [0.1, 0.15) is 6.29 Å². The first-order valence-electron chi connectivity index (χ1n) is 7.70. The largest absolute Gasteiger partial charge is 0.388 e. The fourth-order valence-electron chi connectivity index (χ4n) is 3.62. The van der Waals surface area contributed by atoms with Crippen LogP contribution in [0.5, 0.6) is 0 Å². The van der Waals surface area contributed by atoms with Crippen molar-refractivity contribution in [3.63, 3.8) is 0 Å². The van der Waals surface area contributed by atoms with E-state index in [1.165, 1.54) is 12.0 Å². The normalized spacial score (nSPS) is 35.1. The van der Waals surface area contributed by atoms with Gasteiger partial charge >= 0.3 is 0 Å². The van der Waals surface area contributed by atoms with Gasteiger partial charge in [0, 0.05) is 12.6 Å². The van der Waals surface area contributed by atoms with Crippen molar-refractivity contribution in [1.82, 2.24) is 4.90 Å². The van der Waals surface area contributed by atoms with E-state index >= 15 is 0 Å². The van der Waals surface area contributed by atoms with Gasteiger partial charge in [0.2, 0.25) is 0 Å². The molecule has 3 unspecified atom stereocenters. The van der Waals surface area contributed by atoms with Crippen molar-refractivity contribution in [3.05, 3.63) is 23.3 Å². The van der Waals surface area contributed by atoms with Crippen molar-refractivity contribution >= 4 is 6.29 Å². The monoisotopic (exact) mass is 277 g/mol. The number of aldehydes is 1. The molecule has 3 heteroatoms. The summed E-state index contributed by atoms with van der Waals surface area (Å²) < 4.78 is 0. The molecule has 20 heavy (non-hydrogen) atoms. The Hall–Kier alpha value is -0.930. The van der Waals surface area contributed by atoms with E-state index in [0.717, 1.165) is 44.2 Å². The molecule has 2 fully saturated rings. The summed E-state index contributed by atoms with van der Waals surface area (Å²) in [5.41, 5.74) is 1.55. The maximum Gasteiger partial charge on any atom is 0.145 e. The molecule has 0 aromatic heterocycles. The zero-order valence-electron chi connectivity index (χ0n) is 12.9. The highest BCUT2D eigenvalue weighted by Gasteiger charge is 2.43. The number of rotatable bonds is 4. The molecule has 2 aliphatic heterocycles. The molecule has 2 heterocycles. The Morgan fingerprint density at radius 3 is 3.05 bits per heavy atom. The van der Waals surface area contributed by atoms with E-state index < -0.39 is 5.60 Å². The molecule has 0 amide bonds. The molecule has 3 nitrogen and oxygen atoms in total. The van der Waals surface area contributed by atoms with Crippen molar-refractivity contribution in [2.45, 2.75) is 58.1 Å². The van der Waals surface area contributed by atoms with Gasteiger partial charge in [0.15, 0.2) is 0 Å². The molecule has 0 aliphatic carbocycles. The quantitative estimate of drug-likeness (QED) is 0.488. The minimum Gasteiger partial charge on any atom is -0.388 e. The number of nitrogens with zero attached hydrogens (tertiary/aromatic N) is 1. The smallest absolute Gasteiger partial charge is 0.145 e. The molecule has 0 bridgehead atoms. The van der Waals surface area contributed by atoms with Crippen LogP contribution in [0.15, 0.2) is 23.3 Å². The van der Waals surface area contributed by atoms with Gasteiger partial charge in [0.25, 0.3) is 0 Å². The lowest BCUT2D eigenvalue weighted by Crippen LogP contribution is -2.52. The Kier molecular flexibility index (Phi) is 4.82. The molecule has 0 saturated carbocycles. The van der Waals surface area contributed by atoms with Crippen LogP contribution in [0.1, 0.15) is 46.5 Å². The zero-order chi connectivity index (χ0) is 14.8. The third kappa shape index (κ3) is 3.58. The van der Waals surface area contributed by atoms with Crippen LogP contribution in [-0.4, -0.2) is 41.0 Å². The Balaban J connectivity index is 2.01. The number of carbonyl (C=O) groups is 1. The molecular weight excluding hydrogens is 250 g/mol. The molecule has 0 aromatic rings. The summed E-state index contributed by atoms with van der Waals surface area (Å²) in [4.78, 5) is 13.0. The van der Waals surface area contributed by atoms with E-state index in [9.17, 15) is 9.90 Å². The molecule has 2 rings (SSSR count). The predicted octanol–water partition coefficient (Wildman–Crippen LogP) is 2.70. The summed E-state index contributed by atoms with van der Waals surface area (Å²) >= 11 is 0. The molecule has 2 saturated heterocycles. The number of allylic oxidation sites excluding steroid dienone is 3. The molecule has 0 radical (unpaired) electrons. The zero-order valence-corrected chi connectivity index (χ0v) is 12.9. The lowest BCUT2D eigenvalue weighted by molar-refractivity contribution is -0.104. The third-order valence-electron chi connectivity index (χ3n) is 4.59. The Labute approximate surface area is 122 Å². The lowest BCUT2D eigenvalue weighted by atomic mass is 9.82. The average Bonchev–Trinajstić information content (AvgIpc) is 2.84. The van der Waals surface area contributed by atoms with E-state index in [4.69, 9.17) is 0 Å². The van der Waals surface area contributed by atoms with Crippen molar-refractivity contribution in [2.75, 3.05) is 13.1 Å². The SMILES string of the molecule is C/C(C=O)=C\CC(C)/C=C1\CN2CCCC2C(C)(O)C1. The van der Waals surface area contributed by atoms with Crippen LogP contribution in [-0.2, 0) is 4.79 Å². The second kappa shape index (κ2) is 6.23. The van der Waals surface area contributed by atoms with Crippen LogP contribution in [0.2, 0.25) is 0 Å². The van der Waals surface area contributed by atoms with Crippen LogP contribution >= 0.6 is 0 Å². The number of piperidine rings is 1. The van der Waals surface area contributed by atoms with Crippen LogP contribution in [0, 0.1) is 5.92 Å². The second-order valence-electron chi connectivity index (χ2n) is 6.77. The van der Waals surface area contributed by atoms with Gasteiger partial charge in [0.05, 0.1) is 5.60 Å². The molecule has 0 aromatic carbocycles. The van der Waals surface area contributed by atoms with Gasteiger partial charge in [-0.15, -0.1) is 0 Å². The maximum absolute atomic E-state index is 10.6. The third-order valence-corrected chi connectivity index (χ3v) is 4.59. The number of aliphatic hydroxyl groups is 1. The van der Waals surface area contributed by atoms with Crippen LogP contribution in [0.25, 0.3) is 0 Å². The lowest BCUT2D eigenvalue weighted by Gasteiger charge is -2.43. The number of carbonyl (C=O) groups excluding carboxylic acids is 1. The van der Waals surface area contributed by atoms with Gasteiger partial charge in [-0.05, 0) is 57.6 Å². The predicted molar refractivity (Wildman–Crippen MR) is 81.5 cm³/mol. The minimum atomic E-state index is -0.588. The fraction of sp³-hybridized carbons (Fsp3) is 0.706. The summed E-state index contributed by atoms with van der Waals surface area (Å²) in [7, 11) is 0. The highest BCUT2D eigenvalue weighted by atomic mass is 16.3. The number of hydrogen-bond acceptors (Lipinski definition) is 3. The Bertz CT molecular complexity index is 423. The molecular formula is C17H27NO2. The first-order valence-corrected chi connectivity index (χ1v) is 7.70. The van der Waals surface area contributed by atoms with Crippen LogP contribution in [0.3, 0.4) is 0 Å². The maximum atomic E-state index is 10.6. The Morgan fingerprint density at radius 1 is 1.60 bits per heavy atom. The minimum absolute atomic E-state index is 0.340. The highest BCUT2D eigenvalue weighted by molar-refractivity contribution is 5.71. The Morgan fingerprint density at radius 2 is 2.35 bits per heavy atom. The van der Waals surface area contributed by atoms with Crippen molar-refractivity contribution < 1.29 is 9.90 Å². The average molecular weight is 277 g/mol. The summed E-state index contributed by atoms with van der Waals surface area (Å²) in [5, 5.41) is 10.6. The van der Waals surface area contributed by atoms with Gasteiger partial charge in [-0.1, -0.05) is 24.6 Å². The van der Waals surface area contributed by atoms with Crippen molar-refractivity contribution in [2.24, 2.45) is 5.92 Å². The second-order valence-corrected chi connectivity index (χ2v) is 6.77. The van der Waals surface area contributed by atoms with Crippen LogP contribution < -0.4 is 0 Å². The molecule has 1 N–H and O–H groups in total. The number of fused-ring (bicyclic) bond motifs is 1. The van der Waals surface area contributed by atoms with E-state index in [1.54, 1.807) is 0 Å². The first-order chi connectivity index (χ1) is 9.42. The summed E-state index contributed by atoms with van der Waals surface area (Å²) in [6.07, 6.45) is 9.18. The summed E-state index contributed by atoms with van der Waals surface area (Å²) in [6.45, 7) is 8.10. The van der Waals surface area contributed by atoms with Gasteiger partial charge in [-0.2, -0.15) is 0 Å². The standard InChI is InChI=1S/C17H27NO2/c1-13(6-7-14(2)12-19)9-15-10-17(3,20)16-5-4-8-18(16)11-15/h7,9,12-13,16,20H,4-6,8,10-11H2,1-3H3/b14-7+,15-9-. The van der Waals surface area contributed by atoms with E-state index in [1.807, 2.05) is 19.9 Å². The van der Waals surface area contributed by atoms with Crippen LogP contribution in [0.4, 0.5) is 0 Å². The molecule has 112 valence electrons.